The number of methoxy groups -OCH3 is 1. The number of hydrogen-bond donors (Lipinski definition) is 3. The van der Waals surface area contributed by atoms with Gasteiger partial charge >= 0.3 is 0 Å². The molecule has 10 heteroatoms. The first-order chi connectivity index (χ1) is 18.9. The van der Waals surface area contributed by atoms with Gasteiger partial charge in [0.15, 0.2) is 0 Å². The number of fused-ring (bicyclic) bond motifs is 1. The van der Waals surface area contributed by atoms with Crippen LogP contribution in [0.15, 0.2) is 60.7 Å². The van der Waals surface area contributed by atoms with Crippen molar-refractivity contribution in [2.75, 3.05) is 26.8 Å². The lowest BCUT2D eigenvalue weighted by molar-refractivity contribution is -0.0256. The number of hydrogen-bond acceptors (Lipinski definition) is 8. The van der Waals surface area contributed by atoms with Crippen molar-refractivity contribution in [2.45, 2.75) is 30.5 Å². The van der Waals surface area contributed by atoms with Crippen LogP contribution >= 0.6 is 0 Å². The van der Waals surface area contributed by atoms with E-state index in [1.54, 1.807) is 24.3 Å². The van der Waals surface area contributed by atoms with Gasteiger partial charge in [-0.2, -0.15) is 10.5 Å². The number of pyridine rings is 1. The summed E-state index contributed by atoms with van der Waals surface area (Å²) in [5.74, 6) is -0.917. The molecular weight excluding hydrogens is 506 g/mol. The van der Waals surface area contributed by atoms with Crippen molar-refractivity contribution < 1.29 is 28.5 Å². The molecule has 2 aromatic carbocycles. The number of rotatable bonds is 11. The maximum atomic E-state index is 13.1. The topological polar surface area (TPSA) is 131 Å². The molecule has 8 nitrogen and oxygen atoms in total. The summed E-state index contributed by atoms with van der Waals surface area (Å²) in [6, 6.07) is 21.6. The summed E-state index contributed by atoms with van der Waals surface area (Å²) in [6.45, 7) is -1.25. The molecule has 39 heavy (non-hydrogen) atoms. The molecule has 1 aromatic heterocycles. The van der Waals surface area contributed by atoms with E-state index in [1.165, 1.54) is 13.2 Å². The molecule has 0 radical (unpaired) electrons. The number of aliphatic hydroxyl groups is 2. The third kappa shape index (κ3) is 5.69. The predicted molar refractivity (Wildman–Crippen MR) is 137 cm³/mol. The van der Waals surface area contributed by atoms with E-state index in [0.29, 0.717) is 22.4 Å². The molecule has 0 fully saturated rings. The second-order valence-corrected chi connectivity index (χ2v) is 9.31. The summed E-state index contributed by atoms with van der Waals surface area (Å²) < 4.78 is 38.4. The summed E-state index contributed by atoms with van der Waals surface area (Å²) in [5, 5.41) is 42.7. The predicted octanol–water partition coefficient (Wildman–Crippen LogP) is 3.27. The number of aliphatic hydroxyl groups excluding tert-OH is 2. The van der Waals surface area contributed by atoms with Gasteiger partial charge < -0.3 is 25.0 Å². The van der Waals surface area contributed by atoms with Crippen LogP contribution in [0.4, 0.5) is 8.78 Å². The Labute approximate surface area is 225 Å². The van der Waals surface area contributed by atoms with Crippen LogP contribution in [0.5, 0.6) is 11.6 Å². The van der Waals surface area contributed by atoms with E-state index in [2.05, 4.69) is 16.4 Å². The van der Waals surface area contributed by atoms with Crippen LogP contribution in [0.25, 0.3) is 0 Å². The largest absolute Gasteiger partial charge is 0.481 e. The van der Waals surface area contributed by atoms with Gasteiger partial charge in [0, 0.05) is 30.9 Å². The number of ether oxygens (including phenoxy) is 2. The third-order valence-electron chi connectivity index (χ3n) is 7.04. The number of halogens is 2. The van der Waals surface area contributed by atoms with E-state index >= 15 is 0 Å². The fourth-order valence-corrected chi connectivity index (χ4v) is 5.33. The Morgan fingerprint density at radius 2 is 1.82 bits per heavy atom. The minimum atomic E-state index is -2.61. The molecule has 202 valence electrons. The molecule has 0 spiro atoms. The molecular formula is C29H28F2N4O4. The van der Waals surface area contributed by atoms with Crippen LogP contribution in [0.3, 0.4) is 0 Å². The molecule has 1 aliphatic rings. The van der Waals surface area contributed by atoms with Crippen LogP contribution in [-0.2, 0) is 12.0 Å². The maximum absolute atomic E-state index is 13.1. The average molecular weight is 535 g/mol. The molecule has 0 saturated carbocycles. The first kappa shape index (κ1) is 27.9. The molecule has 0 bridgehead atoms. The Morgan fingerprint density at radius 3 is 2.41 bits per heavy atom. The van der Waals surface area contributed by atoms with Gasteiger partial charge in [0.1, 0.15) is 23.1 Å². The highest BCUT2D eigenvalue weighted by atomic mass is 19.3. The summed E-state index contributed by atoms with van der Waals surface area (Å²) >= 11 is 0. The highest BCUT2D eigenvalue weighted by molar-refractivity contribution is 5.52. The van der Waals surface area contributed by atoms with Gasteiger partial charge in [-0.1, -0.05) is 42.5 Å². The Balaban J connectivity index is 1.96. The molecule has 3 aromatic rings. The Morgan fingerprint density at radius 1 is 1.10 bits per heavy atom. The third-order valence-corrected chi connectivity index (χ3v) is 7.04. The molecule has 4 rings (SSSR count). The van der Waals surface area contributed by atoms with E-state index in [4.69, 9.17) is 9.47 Å². The number of alkyl halides is 2. The van der Waals surface area contributed by atoms with Crippen molar-refractivity contribution in [3.05, 3.63) is 88.6 Å². The number of nitriles is 2. The van der Waals surface area contributed by atoms with Crippen LogP contribution in [0, 0.1) is 28.6 Å². The molecule has 0 amide bonds. The molecule has 0 saturated heterocycles. The van der Waals surface area contributed by atoms with Crippen molar-refractivity contribution >= 4 is 0 Å². The number of nitrogens with zero attached hydrogens (tertiary/aromatic N) is 3. The first-order valence-corrected chi connectivity index (χ1v) is 12.4. The van der Waals surface area contributed by atoms with Crippen molar-refractivity contribution in [2.24, 2.45) is 5.92 Å². The quantitative estimate of drug-likeness (QED) is 0.342. The van der Waals surface area contributed by atoms with Gasteiger partial charge in [0.05, 0.1) is 43.6 Å². The Kier molecular flexibility index (Phi) is 8.72. The summed E-state index contributed by atoms with van der Waals surface area (Å²) in [5.41, 5.74) is 1.24. The normalized spacial score (nSPS) is 18.4. The zero-order valence-corrected chi connectivity index (χ0v) is 21.2. The van der Waals surface area contributed by atoms with Crippen molar-refractivity contribution in [3.8, 4) is 23.8 Å². The van der Waals surface area contributed by atoms with E-state index in [1.807, 2.05) is 36.4 Å². The van der Waals surface area contributed by atoms with Crippen molar-refractivity contribution in [1.82, 2.24) is 10.3 Å². The number of nitrogens with one attached hydrogen (secondary N) is 1. The molecule has 0 unspecified atom stereocenters. The number of aromatic nitrogens is 1. The van der Waals surface area contributed by atoms with Crippen LogP contribution in [0.1, 0.15) is 33.9 Å². The lowest BCUT2D eigenvalue weighted by Crippen LogP contribution is -2.49. The van der Waals surface area contributed by atoms with Gasteiger partial charge in [-0.25, -0.2) is 13.8 Å². The van der Waals surface area contributed by atoms with Crippen molar-refractivity contribution in [1.29, 1.82) is 10.5 Å². The molecule has 1 aliphatic heterocycles. The molecule has 0 aliphatic carbocycles. The van der Waals surface area contributed by atoms with Gasteiger partial charge in [0.2, 0.25) is 5.88 Å². The van der Waals surface area contributed by atoms with Gasteiger partial charge in [0.25, 0.3) is 6.43 Å². The van der Waals surface area contributed by atoms with E-state index in [0.717, 1.165) is 5.56 Å². The van der Waals surface area contributed by atoms with Gasteiger partial charge in [-0.3, -0.25) is 0 Å². The molecule has 2 heterocycles. The van der Waals surface area contributed by atoms with E-state index in [9.17, 15) is 29.5 Å². The van der Waals surface area contributed by atoms with Gasteiger partial charge in [-0.05, 0) is 23.3 Å². The standard InChI is InChI=1S/C29H28F2N4O4/c1-38-28-22-12-29(20-9-7-18(13-32)8-10-20,39-25(22)11-21(14-33)35-28)27(19-5-3-2-4-6-19)23(24(37)17-36)15-34-16-26(30)31/h2-11,23-24,26-27,34,36-37H,12,15-17H2,1H3/t23-,24-,27+,29-/m0/s1. The van der Waals surface area contributed by atoms with E-state index < -0.39 is 43.1 Å². The van der Waals surface area contributed by atoms with Crippen LogP contribution < -0.4 is 14.8 Å². The van der Waals surface area contributed by atoms with Gasteiger partial charge in [-0.15, -0.1) is 0 Å². The highest BCUT2D eigenvalue weighted by Gasteiger charge is 2.53. The highest BCUT2D eigenvalue weighted by Crippen LogP contribution is 2.54. The summed E-state index contributed by atoms with van der Waals surface area (Å²) in [4.78, 5) is 4.27. The monoisotopic (exact) mass is 534 g/mol. The molecule has 4 atom stereocenters. The zero-order valence-electron chi connectivity index (χ0n) is 21.2. The second kappa shape index (κ2) is 12.2. The maximum Gasteiger partial charge on any atom is 0.250 e. The van der Waals surface area contributed by atoms with E-state index in [-0.39, 0.29) is 24.5 Å². The minimum absolute atomic E-state index is 0.0534. The fourth-order valence-electron chi connectivity index (χ4n) is 5.33. The lowest BCUT2D eigenvalue weighted by atomic mass is 9.67. The second-order valence-electron chi connectivity index (χ2n) is 9.31. The van der Waals surface area contributed by atoms with Crippen LogP contribution in [0.2, 0.25) is 0 Å². The number of benzene rings is 2. The Bertz CT molecular complexity index is 1360. The lowest BCUT2D eigenvalue weighted by Gasteiger charge is -2.43. The zero-order chi connectivity index (χ0) is 28.0. The summed E-state index contributed by atoms with van der Waals surface area (Å²) in [6.07, 6.45) is -3.71. The SMILES string of the molecule is COc1nc(C#N)cc2c1C[C@](c1ccc(C#N)cc1)([C@H](c1ccccc1)[C@@H](CNCC(F)F)[C@@H](O)CO)O2. The fraction of sp³-hybridized carbons (Fsp3) is 0.345. The first-order valence-electron chi connectivity index (χ1n) is 12.4. The minimum Gasteiger partial charge on any atom is -0.481 e. The Hall–Kier alpha value is -4.09. The van der Waals surface area contributed by atoms with Crippen LogP contribution in [-0.4, -0.2) is 54.5 Å². The molecule has 3 N–H and O–H groups in total. The van der Waals surface area contributed by atoms with Crippen molar-refractivity contribution in [3.63, 3.8) is 0 Å². The summed E-state index contributed by atoms with van der Waals surface area (Å²) in [7, 11) is 1.44. The average Bonchev–Trinajstić information content (AvgIpc) is 3.36. The smallest absolute Gasteiger partial charge is 0.250 e.